The molecule has 0 amide bonds. The molecule has 0 fully saturated rings. The highest BCUT2D eigenvalue weighted by Crippen LogP contribution is 2.20. The Hall–Kier alpha value is -0.830. The van der Waals surface area contributed by atoms with E-state index in [1.165, 1.54) is 4.68 Å². The topological polar surface area (TPSA) is 65.1 Å². The fourth-order valence-corrected chi connectivity index (χ4v) is 1.89. The lowest BCUT2D eigenvalue weighted by Crippen LogP contribution is -2.41. The highest BCUT2D eigenvalue weighted by molar-refractivity contribution is 6.30. The fraction of sp³-hybridized carbons (Fsp3) is 0.700. The number of hydrogen-bond acceptors (Lipinski definition) is 4. The number of rotatable bonds is 6. The molecule has 0 saturated carbocycles. The van der Waals surface area contributed by atoms with Crippen molar-refractivity contribution < 1.29 is 17.9 Å². The maximum atomic E-state index is 12.0. The van der Waals surface area contributed by atoms with E-state index in [-0.39, 0.29) is 6.61 Å². The van der Waals surface area contributed by atoms with Crippen molar-refractivity contribution in [1.82, 2.24) is 15.2 Å². The zero-order chi connectivity index (χ0) is 14.6. The quantitative estimate of drug-likeness (QED) is 0.614. The molecule has 1 rings (SSSR count). The molecule has 1 atom stereocenters. The van der Waals surface area contributed by atoms with Crippen LogP contribution < -0.4 is 11.3 Å². The number of halogens is 4. The molecule has 0 bridgehead atoms. The van der Waals surface area contributed by atoms with Gasteiger partial charge in [-0.05, 0) is 13.3 Å². The van der Waals surface area contributed by atoms with Crippen LogP contribution in [0.15, 0.2) is 0 Å². The molecule has 0 aliphatic rings. The average molecular weight is 301 g/mol. The fourth-order valence-electron chi connectivity index (χ4n) is 1.64. The Bertz CT molecular complexity index is 422. The Morgan fingerprint density at radius 1 is 1.53 bits per heavy atom. The van der Waals surface area contributed by atoms with Crippen LogP contribution in [-0.4, -0.2) is 35.2 Å². The van der Waals surface area contributed by atoms with Crippen LogP contribution in [-0.2, 0) is 18.2 Å². The summed E-state index contributed by atoms with van der Waals surface area (Å²) >= 11 is 6.03. The summed E-state index contributed by atoms with van der Waals surface area (Å²) in [5.41, 5.74) is 3.86. The van der Waals surface area contributed by atoms with Gasteiger partial charge in [-0.1, -0.05) is 11.6 Å². The summed E-state index contributed by atoms with van der Waals surface area (Å²) in [7, 11) is 1.68. The number of ether oxygens (including phenoxy) is 1. The van der Waals surface area contributed by atoms with Crippen molar-refractivity contribution >= 4 is 11.6 Å². The Labute approximate surface area is 113 Å². The van der Waals surface area contributed by atoms with Crippen molar-refractivity contribution in [2.75, 3.05) is 13.2 Å². The predicted molar refractivity (Wildman–Crippen MR) is 64.6 cm³/mol. The monoisotopic (exact) mass is 300 g/mol. The van der Waals surface area contributed by atoms with Gasteiger partial charge in [-0.25, -0.2) is 0 Å². The van der Waals surface area contributed by atoms with Crippen LogP contribution in [0.5, 0.6) is 0 Å². The summed E-state index contributed by atoms with van der Waals surface area (Å²) < 4.78 is 41.9. The van der Waals surface area contributed by atoms with Gasteiger partial charge in [-0.3, -0.25) is 16.0 Å². The lowest BCUT2D eigenvalue weighted by Gasteiger charge is -2.16. The first kappa shape index (κ1) is 16.2. The molecule has 1 aromatic rings. The van der Waals surface area contributed by atoms with E-state index in [4.69, 9.17) is 17.4 Å². The van der Waals surface area contributed by atoms with Gasteiger partial charge >= 0.3 is 6.18 Å². The standard InChI is InChI=1S/C10H16ClF3N4O/c1-6-8(9(11)18(2)17-6)3-7(16-15)4-19-5-10(12,13)14/h7,16H,3-5,15H2,1-2H3. The van der Waals surface area contributed by atoms with Gasteiger partial charge < -0.3 is 4.74 Å². The van der Waals surface area contributed by atoms with Gasteiger partial charge in [0.05, 0.1) is 12.3 Å². The average Bonchev–Trinajstić information content (AvgIpc) is 2.52. The number of nitrogens with zero attached hydrogens (tertiary/aromatic N) is 2. The first-order chi connectivity index (χ1) is 8.74. The molecule has 1 unspecified atom stereocenters. The molecule has 0 aromatic carbocycles. The highest BCUT2D eigenvalue weighted by Gasteiger charge is 2.28. The molecule has 110 valence electrons. The van der Waals surface area contributed by atoms with Crippen LogP contribution in [0.4, 0.5) is 13.2 Å². The first-order valence-electron chi connectivity index (χ1n) is 5.53. The Morgan fingerprint density at radius 2 is 2.16 bits per heavy atom. The van der Waals surface area contributed by atoms with Crippen LogP contribution in [0.1, 0.15) is 11.3 Å². The Morgan fingerprint density at radius 3 is 2.58 bits per heavy atom. The zero-order valence-corrected chi connectivity index (χ0v) is 11.3. The van der Waals surface area contributed by atoms with Crippen molar-refractivity contribution in [2.45, 2.75) is 25.6 Å². The third-order valence-electron chi connectivity index (χ3n) is 2.54. The number of hydrazine groups is 1. The van der Waals surface area contributed by atoms with Crippen LogP contribution in [0.3, 0.4) is 0 Å². The van der Waals surface area contributed by atoms with Crippen molar-refractivity contribution in [2.24, 2.45) is 12.9 Å². The molecular weight excluding hydrogens is 285 g/mol. The molecule has 0 saturated heterocycles. The molecule has 0 spiro atoms. The number of aromatic nitrogens is 2. The third-order valence-corrected chi connectivity index (χ3v) is 3.01. The zero-order valence-electron chi connectivity index (χ0n) is 10.6. The Balaban J connectivity index is 2.57. The maximum absolute atomic E-state index is 12.0. The second-order valence-electron chi connectivity index (χ2n) is 4.18. The Kier molecular flexibility index (Phi) is 5.60. The van der Waals surface area contributed by atoms with Crippen LogP contribution in [0.2, 0.25) is 5.15 Å². The largest absolute Gasteiger partial charge is 0.411 e. The van der Waals surface area contributed by atoms with Gasteiger partial charge in [0.15, 0.2) is 0 Å². The second-order valence-corrected chi connectivity index (χ2v) is 4.53. The molecule has 3 N–H and O–H groups in total. The van der Waals surface area contributed by atoms with E-state index in [0.29, 0.717) is 17.3 Å². The number of nitrogens with two attached hydrogens (primary N) is 1. The summed E-state index contributed by atoms with van der Waals surface area (Å²) in [4.78, 5) is 0. The van der Waals surface area contributed by atoms with Gasteiger partial charge in [0, 0.05) is 18.7 Å². The number of nitrogens with one attached hydrogen (secondary N) is 1. The molecule has 1 aromatic heterocycles. The SMILES string of the molecule is Cc1nn(C)c(Cl)c1CC(COCC(F)(F)F)NN. The smallest absolute Gasteiger partial charge is 0.370 e. The second kappa shape index (κ2) is 6.56. The van der Waals surface area contributed by atoms with E-state index in [2.05, 4.69) is 15.3 Å². The van der Waals surface area contributed by atoms with E-state index in [1.54, 1.807) is 14.0 Å². The maximum Gasteiger partial charge on any atom is 0.411 e. The van der Waals surface area contributed by atoms with Crippen molar-refractivity contribution in [3.05, 3.63) is 16.4 Å². The minimum absolute atomic E-state index is 0.166. The van der Waals surface area contributed by atoms with Gasteiger partial charge in [-0.15, -0.1) is 0 Å². The third kappa shape index (κ3) is 4.98. The van der Waals surface area contributed by atoms with Crippen molar-refractivity contribution in [3.8, 4) is 0 Å². The molecule has 5 nitrogen and oxygen atoms in total. The lowest BCUT2D eigenvalue weighted by molar-refractivity contribution is -0.175. The van der Waals surface area contributed by atoms with E-state index in [1.807, 2.05) is 0 Å². The molecular formula is C10H16ClF3N4O. The van der Waals surface area contributed by atoms with Gasteiger partial charge in [0.25, 0.3) is 0 Å². The predicted octanol–water partition coefficient (Wildman–Crippen LogP) is 1.34. The molecule has 0 radical (unpaired) electrons. The number of hydrogen-bond donors (Lipinski definition) is 2. The van der Waals surface area contributed by atoms with Crippen LogP contribution >= 0.6 is 11.6 Å². The van der Waals surface area contributed by atoms with E-state index in [0.717, 1.165) is 5.56 Å². The van der Waals surface area contributed by atoms with Gasteiger partial charge in [-0.2, -0.15) is 18.3 Å². The highest BCUT2D eigenvalue weighted by atomic mass is 35.5. The normalized spacial score (nSPS) is 13.8. The van der Waals surface area contributed by atoms with Gasteiger partial charge in [0.1, 0.15) is 11.8 Å². The van der Waals surface area contributed by atoms with Crippen molar-refractivity contribution in [1.29, 1.82) is 0 Å². The molecule has 0 aliphatic carbocycles. The minimum Gasteiger partial charge on any atom is -0.370 e. The lowest BCUT2D eigenvalue weighted by atomic mass is 10.1. The van der Waals surface area contributed by atoms with Crippen LogP contribution in [0, 0.1) is 6.92 Å². The van der Waals surface area contributed by atoms with E-state index < -0.39 is 18.8 Å². The van der Waals surface area contributed by atoms with Gasteiger partial charge in [0.2, 0.25) is 0 Å². The van der Waals surface area contributed by atoms with Crippen LogP contribution in [0.25, 0.3) is 0 Å². The molecule has 19 heavy (non-hydrogen) atoms. The summed E-state index contributed by atoms with van der Waals surface area (Å²) in [6.07, 6.45) is -4.01. The van der Waals surface area contributed by atoms with E-state index >= 15 is 0 Å². The minimum atomic E-state index is -4.35. The summed E-state index contributed by atoms with van der Waals surface area (Å²) in [5.74, 6) is 5.30. The summed E-state index contributed by atoms with van der Waals surface area (Å²) in [6, 6.07) is -0.470. The number of aryl methyl sites for hydroxylation is 2. The number of alkyl halides is 3. The first-order valence-corrected chi connectivity index (χ1v) is 5.91. The summed E-state index contributed by atoms with van der Waals surface area (Å²) in [5, 5.41) is 4.55. The van der Waals surface area contributed by atoms with Crippen molar-refractivity contribution in [3.63, 3.8) is 0 Å². The summed E-state index contributed by atoms with van der Waals surface area (Å²) in [6.45, 7) is 0.303. The van der Waals surface area contributed by atoms with E-state index in [9.17, 15) is 13.2 Å². The molecule has 9 heteroatoms. The molecule has 1 heterocycles. The molecule has 0 aliphatic heterocycles.